The molecule has 0 aliphatic carbocycles. The molecule has 3 N–H and O–H groups in total. The van der Waals surface area contributed by atoms with Crippen LogP contribution in [0.25, 0.3) is 0 Å². The second-order valence-electron chi connectivity index (χ2n) is 5.94. The second kappa shape index (κ2) is 5.69. The van der Waals surface area contributed by atoms with E-state index in [0.29, 0.717) is 5.75 Å². The summed E-state index contributed by atoms with van der Waals surface area (Å²) in [5.74, 6) is 0.00776. The number of ether oxygens (including phenoxy) is 1. The average Bonchev–Trinajstić information content (AvgIpc) is 2.37. The van der Waals surface area contributed by atoms with Crippen molar-refractivity contribution in [2.24, 2.45) is 11.1 Å². The van der Waals surface area contributed by atoms with Gasteiger partial charge in [0.25, 0.3) is 5.69 Å². The normalized spacial score (nSPS) is 11.9. The number of hydrogen-bond acceptors (Lipinski definition) is 5. The van der Waals surface area contributed by atoms with Crippen LogP contribution in [0.3, 0.4) is 0 Å². The van der Waals surface area contributed by atoms with Gasteiger partial charge in [-0.05, 0) is 33.8 Å². The summed E-state index contributed by atoms with van der Waals surface area (Å²) < 4.78 is 5.11. The minimum atomic E-state index is -0.872. The van der Waals surface area contributed by atoms with E-state index in [9.17, 15) is 14.9 Å². The fourth-order valence-electron chi connectivity index (χ4n) is 1.48. The highest BCUT2D eigenvalue weighted by molar-refractivity contribution is 5.97. The molecule has 0 radical (unpaired) electrons. The molecule has 1 aromatic rings. The molecule has 7 heteroatoms. The lowest BCUT2D eigenvalue weighted by molar-refractivity contribution is -0.384. The van der Waals surface area contributed by atoms with Crippen LogP contribution in [-0.2, 0) is 4.79 Å². The number of rotatable bonds is 5. The van der Waals surface area contributed by atoms with Crippen LogP contribution in [0.5, 0.6) is 5.75 Å². The van der Waals surface area contributed by atoms with Gasteiger partial charge in [0.2, 0.25) is 5.91 Å². The highest BCUT2D eigenvalue weighted by Gasteiger charge is 2.40. The van der Waals surface area contributed by atoms with Gasteiger partial charge in [0.05, 0.1) is 23.1 Å². The molecule has 0 fully saturated rings. The van der Waals surface area contributed by atoms with Gasteiger partial charge in [0.15, 0.2) is 0 Å². The Morgan fingerprint density at radius 1 is 1.33 bits per heavy atom. The van der Waals surface area contributed by atoms with Gasteiger partial charge in [0.1, 0.15) is 5.75 Å². The molecule has 116 valence electrons. The van der Waals surface area contributed by atoms with E-state index in [1.807, 2.05) is 0 Å². The number of hydrogen-bond donors (Lipinski definition) is 2. The van der Waals surface area contributed by atoms with Crippen LogP contribution >= 0.6 is 0 Å². The molecule has 0 unspecified atom stereocenters. The summed E-state index contributed by atoms with van der Waals surface area (Å²) in [6, 6.07) is 4.01. The van der Waals surface area contributed by atoms with Gasteiger partial charge < -0.3 is 15.8 Å². The number of carbonyl (C=O) groups excluding carboxylic acids is 1. The topological polar surface area (TPSA) is 107 Å². The van der Waals surface area contributed by atoms with E-state index in [1.165, 1.54) is 25.3 Å². The van der Waals surface area contributed by atoms with Crippen LogP contribution in [-0.4, -0.2) is 23.5 Å². The summed E-state index contributed by atoms with van der Waals surface area (Å²) >= 11 is 0. The highest BCUT2D eigenvalue weighted by Crippen LogP contribution is 2.33. The molecule has 0 aliphatic rings. The van der Waals surface area contributed by atoms with Crippen LogP contribution in [0, 0.1) is 15.5 Å². The fraction of sp³-hybridized carbons (Fsp3) is 0.500. The Labute approximate surface area is 123 Å². The Balaban J connectivity index is 3.15. The Morgan fingerprint density at radius 3 is 2.33 bits per heavy atom. The number of non-ortho nitro benzene ring substituents is 1. The highest BCUT2D eigenvalue weighted by atomic mass is 16.6. The van der Waals surface area contributed by atoms with Crippen molar-refractivity contribution in [1.82, 2.24) is 0 Å². The quantitative estimate of drug-likeness (QED) is 0.640. The fourth-order valence-corrected chi connectivity index (χ4v) is 1.48. The maximum atomic E-state index is 12.4. The van der Waals surface area contributed by atoms with E-state index in [0.717, 1.165) is 0 Å². The maximum absolute atomic E-state index is 12.4. The first-order chi connectivity index (χ1) is 9.50. The van der Waals surface area contributed by atoms with E-state index in [1.54, 1.807) is 27.7 Å². The summed E-state index contributed by atoms with van der Waals surface area (Å²) in [6.07, 6.45) is 0. The van der Waals surface area contributed by atoms with Crippen molar-refractivity contribution in [3.8, 4) is 5.75 Å². The summed E-state index contributed by atoms with van der Waals surface area (Å²) in [4.78, 5) is 22.7. The van der Waals surface area contributed by atoms with Crippen LogP contribution in [0.1, 0.15) is 27.7 Å². The van der Waals surface area contributed by atoms with Gasteiger partial charge in [-0.3, -0.25) is 14.9 Å². The monoisotopic (exact) mass is 295 g/mol. The number of nitro groups is 1. The molecule has 0 atom stereocenters. The van der Waals surface area contributed by atoms with Crippen molar-refractivity contribution in [2.45, 2.75) is 33.2 Å². The summed E-state index contributed by atoms with van der Waals surface area (Å²) in [6.45, 7) is 6.92. The molecule has 0 heterocycles. The van der Waals surface area contributed by atoms with Gasteiger partial charge in [-0.25, -0.2) is 0 Å². The molecule has 1 aromatic carbocycles. The van der Waals surface area contributed by atoms with Gasteiger partial charge >= 0.3 is 0 Å². The van der Waals surface area contributed by atoms with Gasteiger partial charge in [-0.1, -0.05) is 0 Å². The minimum absolute atomic E-state index is 0.129. The minimum Gasteiger partial charge on any atom is -0.495 e. The number of nitrogens with zero attached hydrogens (tertiary/aromatic N) is 1. The summed E-state index contributed by atoms with van der Waals surface area (Å²) in [7, 11) is 1.43. The molecule has 1 amide bonds. The molecule has 1 rings (SSSR count). The first kappa shape index (κ1) is 16.9. The van der Waals surface area contributed by atoms with Crippen molar-refractivity contribution in [3.05, 3.63) is 28.3 Å². The van der Waals surface area contributed by atoms with E-state index in [4.69, 9.17) is 10.5 Å². The molecular weight excluding hydrogens is 274 g/mol. The van der Waals surface area contributed by atoms with Crippen LogP contribution in [0.4, 0.5) is 11.4 Å². The maximum Gasteiger partial charge on any atom is 0.271 e. The number of benzene rings is 1. The van der Waals surface area contributed by atoms with E-state index in [-0.39, 0.29) is 17.3 Å². The average molecular weight is 295 g/mol. The molecule has 0 aliphatic heterocycles. The predicted octanol–water partition coefficient (Wildman–Crippen LogP) is 2.31. The molecule has 21 heavy (non-hydrogen) atoms. The molecule has 0 bridgehead atoms. The molecule has 7 nitrogen and oxygen atoms in total. The molecular formula is C14H21N3O4. The lowest BCUT2D eigenvalue weighted by Crippen LogP contribution is -2.53. The smallest absolute Gasteiger partial charge is 0.271 e. The van der Waals surface area contributed by atoms with Gasteiger partial charge in [0, 0.05) is 17.7 Å². The number of nitrogens with two attached hydrogens (primary N) is 1. The SMILES string of the molecule is COc1ccc([N+](=O)[O-])cc1NC(=O)C(C)(C)C(C)(C)N. The van der Waals surface area contributed by atoms with E-state index < -0.39 is 15.9 Å². The lowest BCUT2D eigenvalue weighted by Gasteiger charge is -2.36. The lowest BCUT2D eigenvalue weighted by atomic mass is 9.74. The van der Waals surface area contributed by atoms with Crippen molar-refractivity contribution in [1.29, 1.82) is 0 Å². The van der Waals surface area contributed by atoms with Crippen LogP contribution < -0.4 is 15.8 Å². The number of nitro benzene ring substituents is 1. The number of amides is 1. The third-order valence-electron chi connectivity index (χ3n) is 3.82. The van der Waals surface area contributed by atoms with Crippen molar-refractivity contribution >= 4 is 17.3 Å². The predicted molar refractivity (Wildman–Crippen MR) is 80.3 cm³/mol. The van der Waals surface area contributed by atoms with Crippen molar-refractivity contribution in [2.75, 3.05) is 12.4 Å². The zero-order chi connectivity index (χ0) is 16.4. The number of methoxy groups -OCH3 is 1. The second-order valence-corrected chi connectivity index (χ2v) is 5.94. The number of anilines is 1. The van der Waals surface area contributed by atoms with Gasteiger partial charge in [-0.15, -0.1) is 0 Å². The first-order valence-corrected chi connectivity index (χ1v) is 6.43. The molecule has 0 saturated heterocycles. The van der Waals surface area contributed by atoms with Crippen molar-refractivity contribution < 1.29 is 14.5 Å². The van der Waals surface area contributed by atoms with Crippen molar-refractivity contribution in [3.63, 3.8) is 0 Å². The Kier molecular flexibility index (Phi) is 4.58. The summed E-state index contributed by atoms with van der Waals surface area (Å²) in [5.41, 5.74) is 4.50. The van der Waals surface area contributed by atoms with Gasteiger partial charge in [-0.2, -0.15) is 0 Å². The first-order valence-electron chi connectivity index (χ1n) is 6.43. The molecule has 0 saturated carbocycles. The van der Waals surface area contributed by atoms with E-state index >= 15 is 0 Å². The third kappa shape index (κ3) is 3.49. The Morgan fingerprint density at radius 2 is 1.90 bits per heavy atom. The number of carbonyl (C=O) groups is 1. The number of nitrogens with one attached hydrogen (secondary N) is 1. The third-order valence-corrected chi connectivity index (χ3v) is 3.82. The molecule has 0 aromatic heterocycles. The standard InChI is InChI=1S/C14H21N3O4/c1-13(2,14(3,4)15)12(18)16-10-8-9(17(19)20)6-7-11(10)21-5/h6-8H,15H2,1-5H3,(H,16,18). The zero-order valence-corrected chi connectivity index (χ0v) is 12.9. The zero-order valence-electron chi connectivity index (χ0n) is 12.9. The van der Waals surface area contributed by atoms with Crippen LogP contribution in [0.2, 0.25) is 0 Å². The largest absolute Gasteiger partial charge is 0.495 e. The Hall–Kier alpha value is -2.15. The van der Waals surface area contributed by atoms with Crippen LogP contribution in [0.15, 0.2) is 18.2 Å². The molecule has 0 spiro atoms. The Bertz CT molecular complexity index is 562. The summed E-state index contributed by atoms with van der Waals surface area (Å²) in [5, 5.41) is 13.5. The van der Waals surface area contributed by atoms with E-state index in [2.05, 4.69) is 5.32 Å².